The lowest BCUT2D eigenvalue weighted by molar-refractivity contribution is -0.118. The van der Waals surface area contributed by atoms with Crippen LogP contribution < -0.4 is 10.6 Å². The maximum atomic E-state index is 13.3. The van der Waals surface area contributed by atoms with Gasteiger partial charge >= 0.3 is 0 Å². The second-order valence-electron chi connectivity index (χ2n) is 7.98. The molecule has 8 heteroatoms. The molecule has 148 valence electrons. The van der Waals surface area contributed by atoms with Gasteiger partial charge in [0.15, 0.2) is 5.78 Å². The van der Waals surface area contributed by atoms with Gasteiger partial charge in [0.25, 0.3) is 0 Å². The second-order valence-corrected chi connectivity index (χ2v) is 10.8. The highest BCUT2D eigenvalue weighted by Gasteiger charge is 2.45. The van der Waals surface area contributed by atoms with Gasteiger partial charge in [-0.15, -0.1) is 11.3 Å². The normalized spacial score (nSPS) is 21.3. The molecule has 4 rings (SSSR count). The van der Waals surface area contributed by atoms with Crippen molar-refractivity contribution in [1.82, 2.24) is 4.98 Å². The van der Waals surface area contributed by atoms with Crippen LogP contribution in [0.25, 0.3) is 0 Å². The molecule has 0 saturated heterocycles. The first kappa shape index (κ1) is 20.3. The number of Topliss-reactive ketones (excluding diaryl/α,β-unsaturated/α-hetero) is 1. The number of nitriles is 1. The first-order chi connectivity index (χ1) is 13.7. The molecule has 2 aromatic heterocycles. The molecule has 0 fully saturated rings. The molecule has 2 aliphatic rings. The van der Waals surface area contributed by atoms with Crippen molar-refractivity contribution in [2.45, 2.75) is 32.6 Å². The Labute approximate surface area is 190 Å². The van der Waals surface area contributed by atoms with Gasteiger partial charge in [0.1, 0.15) is 11.6 Å². The highest BCUT2D eigenvalue weighted by atomic mass is 79.9. The second kappa shape index (κ2) is 7.38. The number of ketones is 1. The third-order valence-corrected chi connectivity index (χ3v) is 7.42. The van der Waals surface area contributed by atoms with Crippen molar-refractivity contribution in [1.29, 1.82) is 5.26 Å². The zero-order valence-corrected chi connectivity index (χ0v) is 19.9. The summed E-state index contributed by atoms with van der Waals surface area (Å²) in [7, 11) is 0. The van der Waals surface area contributed by atoms with E-state index in [0.29, 0.717) is 35.6 Å². The standard InChI is InChI=1S/C21H18Br2N4OS/c1-21(2)6-14-19(15(28)7-21)18(16-5-12(23)10-29-16)13(8-24)20(25)27(14)17-4-3-11(22)9-26-17/h3-5,9-10,18H,6-7,25H2,1-2H3/t18-/m0/s1. The molecule has 1 aliphatic carbocycles. The van der Waals surface area contributed by atoms with Crippen molar-refractivity contribution < 1.29 is 4.79 Å². The number of thiophene rings is 1. The number of rotatable bonds is 2. The minimum atomic E-state index is -0.443. The summed E-state index contributed by atoms with van der Waals surface area (Å²) in [4.78, 5) is 20.6. The lowest BCUT2D eigenvalue weighted by Crippen LogP contribution is -2.42. The maximum absolute atomic E-state index is 13.3. The van der Waals surface area contributed by atoms with Gasteiger partial charge < -0.3 is 5.73 Å². The van der Waals surface area contributed by atoms with Crippen molar-refractivity contribution in [2.24, 2.45) is 11.1 Å². The molecule has 0 unspecified atom stereocenters. The average Bonchev–Trinajstić information content (AvgIpc) is 3.07. The summed E-state index contributed by atoms with van der Waals surface area (Å²) < 4.78 is 1.77. The predicted molar refractivity (Wildman–Crippen MR) is 121 cm³/mol. The van der Waals surface area contributed by atoms with E-state index in [1.165, 1.54) is 11.3 Å². The Morgan fingerprint density at radius 1 is 1.31 bits per heavy atom. The quantitative estimate of drug-likeness (QED) is 0.542. The van der Waals surface area contributed by atoms with Gasteiger partial charge in [0.05, 0.1) is 17.6 Å². The van der Waals surface area contributed by atoms with Crippen molar-refractivity contribution in [2.75, 3.05) is 4.90 Å². The Balaban J connectivity index is 1.99. The first-order valence-electron chi connectivity index (χ1n) is 9.03. The summed E-state index contributed by atoms with van der Waals surface area (Å²) in [6.07, 6.45) is 2.80. The summed E-state index contributed by atoms with van der Waals surface area (Å²) in [5.74, 6) is 0.554. The molecular weight excluding hydrogens is 516 g/mol. The van der Waals surface area contributed by atoms with Crippen LogP contribution in [0.3, 0.4) is 0 Å². The van der Waals surface area contributed by atoms with Crippen molar-refractivity contribution in [3.8, 4) is 6.07 Å². The number of hydrogen-bond acceptors (Lipinski definition) is 6. The van der Waals surface area contributed by atoms with Gasteiger partial charge in [-0.1, -0.05) is 13.8 Å². The van der Waals surface area contributed by atoms with E-state index in [4.69, 9.17) is 5.73 Å². The predicted octanol–water partition coefficient (Wildman–Crippen LogP) is 5.61. The van der Waals surface area contributed by atoms with E-state index in [-0.39, 0.29) is 11.2 Å². The molecule has 0 radical (unpaired) electrons. The van der Waals surface area contributed by atoms with Crippen LogP contribution >= 0.6 is 43.2 Å². The number of nitrogens with zero attached hydrogens (tertiary/aromatic N) is 3. The topological polar surface area (TPSA) is 83.0 Å². The molecule has 29 heavy (non-hydrogen) atoms. The van der Waals surface area contributed by atoms with Gasteiger partial charge in [-0.05, 0) is 61.9 Å². The first-order valence-corrected chi connectivity index (χ1v) is 11.5. The van der Waals surface area contributed by atoms with E-state index < -0.39 is 5.92 Å². The number of allylic oxidation sites excluding steroid dienone is 3. The molecule has 1 atom stereocenters. The third-order valence-electron chi connectivity index (χ3n) is 5.19. The molecular formula is C21H18Br2N4OS. The fraction of sp³-hybridized carbons (Fsp3) is 0.286. The van der Waals surface area contributed by atoms with E-state index in [0.717, 1.165) is 19.5 Å². The SMILES string of the molecule is CC1(C)CC(=O)C2=C(C1)N(c1ccc(Br)cn1)C(N)=C(C#N)[C@H]2c1cc(Br)cs1. The number of aromatic nitrogens is 1. The smallest absolute Gasteiger partial charge is 0.162 e. The van der Waals surface area contributed by atoms with Crippen LogP contribution in [-0.2, 0) is 4.79 Å². The van der Waals surface area contributed by atoms with E-state index in [9.17, 15) is 10.1 Å². The van der Waals surface area contributed by atoms with Crippen LogP contribution in [0.1, 0.15) is 37.5 Å². The lowest BCUT2D eigenvalue weighted by Gasteiger charge is -2.43. The van der Waals surface area contributed by atoms with Crippen LogP contribution in [0.2, 0.25) is 0 Å². The van der Waals surface area contributed by atoms with E-state index in [1.54, 1.807) is 11.1 Å². The largest absolute Gasteiger partial charge is 0.384 e. The molecule has 0 saturated carbocycles. The maximum Gasteiger partial charge on any atom is 0.162 e. The Kier molecular flexibility index (Phi) is 5.18. The van der Waals surface area contributed by atoms with E-state index in [1.807, 2.05) is 23.6 Å². The fourth-order valence-electron chi connectivity index (χ4n) is 4.03. The molecule has 5 nitrogen and oxygen atoms in total. The minimum absolute atomic E-state index is 0.0631. The van der Waals surface area contributed by atoms with Crippen molar-refractivity contribution in [3.05, 3.63) is 66.3 Å². The highest BCUT2D eigenvalue weighted by Crippen LogP contribution is 2.51. The number of halogens is 2. The molecule has 0 aromatic carbocycles. The highest BCUT2D eigenvalue weighted by molar-refractivity contribution is 9.10. The molecule has 2 aromatic rings. The summed E-state index contributed by atoms with van der Waals surface area (Å²) in [6, 6.07) is 7.95. The van der Waals surface area contributed by atoms with Crippen molar-refractivity contribution in [3.63, 3.8) is 0 Å². The minimum Gasteiger partial charge on any atom is -0.384 e. The lowest BCUT2D eigenvalue weighted by atomic mass is 9.70. The Morgan fingerprint density at radius 3 is 2.66 bits per heavy atom. The van der Waals surface area contributed by atoms with Crippen LogP contribution in [-0.4, -0.2) is 10.8 Å². The van der Waals surface area contributed by atoms with Crippen molar-refractivity contribution >= 4 is 54.8 Å². The molecule has 2 N–H and O–H groups in total. The third kappa shape index (κ3) is 3.56. The van der Waals surface area contributed by atoms with Gasteiger partial charge in [-0.25, -0.2) is 4.98 Å². The Morgan fingerprint density at radius 2 is 2.07 bits per heavy atom. The number of pyridine rings is 1. The summed E-state index contributed by atoms with van der Waals surface area (Å²) in [5, 5.41) is 12.0. The van der Waals surface area contributed by atoms with Gasteiger partial charge in [-0.3, -0.25) is 9.69 Å². The molecule has 0 amide bonds. The number of hydrogen-bond donors (Lipinski definition) is 1. The average molecular weight is 534 g/mol. The van der Waals surface area contributed by atoms with Gasteiger partial charge in [-0.2, -0.15) is 5.26 Å². The molecule has 0 spiro atoms. The number of carbonyl (C=O) groups is 1. The zero-order chi connectivity index (χ0) is 20.9. The number of carbonyl (C=O) groups excluding carboxylic acids is 1. The van der Waals surface area contributed by atoms with E-state index in [2.05, 4.69) is 56.8 Å². The Bertz CT molecular complexity index is 1110. The number of nitrogens with two attached hydrogens (primary N) is 1. The monoisotopic (exact) mass is 532 g/mol. The summed E-state index contributed by atoms with van der Waals surface area (Å²) in [5.41, 5.74) is 8.24. The zero-order valence-electron chi connectivity index (χ0n) is 15.9. The van der Waals surface area contributed by atoms with Gasteiger partial charge in [0, 0.05) is 43.1 Å². The van der Waals surface area contributed by atoms with Crippen LogP contribution in [0.15, 0.2) is 61.4 Å². The molecule has 1 aliphatic heterocycles. The number of anilines is 1. The molecule has 3 heterocycles. The van der Waals surface area contributed by atoms with Gasteiger partial charge in [0.2, 0.25) is 0 Å². The summed E-state index contributed by atoms with van der Waals surface area (Å²) >= 11 is 8.41. The Hall–Kier alpha value is -1.95. The fourth-order valence-corrected chi connectivity index (χ4v) is 5.83. The van der Waals surface area contributed by atoms with Crippen LogP contribution in [0.5, 0.6) is 0 Å². The van der Waals surface area contributed by atoms with E-state index >= 15 is 0 Å². The summed E-state index contributed by atoms with van der Waals surface area (Å²) in [6.45, 7) is 4.16. The van der Waals surface area contributed by atoms with Crippen LogP contribution in [0.4, 0.5) is 5.82 Å². The molecule has 0 bridgehead atoms. The van der Waals surface area contributed by atoms with Crippen LogP contribution in [0, 0.1) is 16.7 Å².